The fourth-order valence-corrected chi connectivity index (χ4v) is 4.17. The van der Waals surface area contributed by atoms with Crippen molar-refractivity contribution in [2.45, 2.75) is 33.7 Å². The Bertz CT molecular complexity index is 1470. The highest BCUT2D eigenvalue weighted by Crippen LogP contribution is 2.29. The highest BCUT2D eigenvalue weighted by Gasteiger charge is 2.22. The Morgan fingerprint density at radius 1 is 0.895 bits per heavy atom. The average Bonchev–Trinajstić information content (AvgIpc) is 3.30. The molecule has 0 atom stereocenters. The topological polar surface area (TPSA) is 79.3 Å². The second-order valence-electron chi connectivity index (χ2n) is 9.29. The number of anilines is 2. The molecular formula is C29H29Cl2N5O2. The molecule has 0 unspecified atom stereocenters. The molecule has 7 nitrogen and oxygen atoms in total. The van der Waals surface area contributed by atoms with Gasteiger partial charge < -0.3 is 15.5 Å². The van der Waals surface area contributed by atoms with Crippen LogP contribution in [0.25, 0.3) is 16.9 Å². The minimum Gasteiger partial charge on any atom is -0.313 e. The average molecular weight is 550 g/mol. The number of nitrogens with one attached hydrogen (secondary N) is 2. The standard InChI is InChI=1S/C29H29Cl2N5O2/c1-18(2)35(29(38)32-22-11-10-19(3)20(4)14-22)17-28(37)33-27-16-26(21-8-6-5-7-9-21)34-36(27)23-12-13-24(30)25(31)15-23/h5-16,18H,17H2,1-4H3,(H,32,38)(H,33,37). The summed E-state index contributed by atoms with van der Waals surface area (Å²) >= 11 is 12.4. The molecule has 4 aromatic rings. The van der Waals surface area contributed by atoms with Gasteiger partial charge in [-0.1, -0.05) is 59.6 Å². The summed E-state index contributed by atoms with van der Waals surface area (Å²) in [5, 5.41) is 11.3. The monoisotopic (exact) mass is 549 g/mol. The zero-order valence-corrected chi connectivity index (χ0v) is 23.1. The SMILES string of the molecule is Cc1ccc(NC(=O)N(CC(=O)Nc2cc(-c3ccccc3)nn2-c2ccc(Cl)c(Cl)c2)C(C)C)cc1C. The van der Waals surface area contributed by atoms with Gasteiger partial charge in [-0.3, -0.25) is 4.79 Å². The molecule has 4 rings (SSSR count). The second kappa shape index (κ2) is 11.7. The fraction of sp³-hybridized carbons (Fsp3) is 0.207. The number of nitrogens with zero attached hydrogens (tertiary/aromatic N) is 3. The number of amides is 3. The van der Waals surface area contributed by atoms with Crippen molar-refractivity contribution in [3.05, 3.63) is 94.0 Å². The summed E-state index contributed by atoms with van der Waals surface area (Å²) in [4.78, 5) is 27.8. The van der Waals surface area contributed by atoms with Crippen LogP contribution in [0.15, 0.2) is 72.8 Å². The molecule has 38 heavy (non-hydrogen) atoms. The first-order valence-corrected chi connectivity index (χ1v) is 12.9. The van der Waals surface area contributed by atoms with Crippen LogP contribution < -0.4 is 10.6 Å². The molecule has 0 saturated carbocycles. The van der Waals surface area contributed by atoms with Crippen LogP contribution in [-0.2, 0) is 4.79 Å². The molecule has 0 aliphatic carbocycles. The summed E-state index contributed by atoms with van der Waals surface area (Å²) in [6.45, 7) is 7.57. The minimum atomic E-state index is -0.366. The van der Waals surface area contributed by atoms with E-state index in [0.29, 0.717) is 32.9 Å². The number of hydrogen-bond acceptors (Lipinski definition) is 3. The number of carbonyl (C=O) groups is 2. The van der Waals surface area contributed by atoms with Crippen molar-refractivity contribution < 1.29 is 9.59 Å². The van der Waals surface area contributed by atoms with E-state index in [1.54, 1.807) is 28.9 Å². The van der Waals surface area contributed by atoms with Gasteiger partial charge in [0, 0.05) is 23.4 Å². The zero-order valence-electron chi connectivity index (χ0n) is 21.6. The van der Waals surface area contributed by atoms with E-state index in [4.69, 9.17) is 28.3 Å². The Labute approximate surface area is 232 Å². The largest absolute Gasteiger partial charge is 0.322 e. The molecule has 0 bridgehead atoms. The van der Waals surface area contributed by atoms with Crippen molar-refractivity contribution in [1.29, 1.82) is 0 Å². The number of urea groups is 1. The van der Waals surface area contributed by atoms with Gasteiger partial charge in [-0.2, -0.15) is 5.10 Å². The van der Waals surface area contributed by atoms with Gasteiger partial charge in [0.2, 0.25) is 5.91 Å². The van der Waals surface area contributed by atoms with E-state index >= 15 is 0 Å². The van der Waals surface area contributed by atoms with E-state index in [0.717, 1.165) is 16.7 Å². The number of carbonyl (C=O) groups excluding carboxylic acids is 2. The van der Waals surface area contributed by atoms with Gasteiger partial charge in [0.1, 0.15) is 12.4 Å². The van der Waals surface area contributed by atoms with E-state index in [9.17, 15) is 9.59 Å². The zero-order chi connectivity index (χ0) is 27.4. The molecule has 1 heterocycles. The molecule has 0 saturated heterocycles. The third-order valence-corrected chi connectivity index (χ3v) is 6.89. The minimum absolute atomic E-state index is 0.151. The van der Waals surface area contributed by atoms with Crippen LogP contribution in [0.5, 0.6) is 0 Å². The first kappa shape index (κ1) is 27.2. The summed E-state index contributed by atoms with van der Waals surface area (Å²) in [6, 6.07) is 21.7. The molecule has 196 valence electrons. The van der Waals surface area contributed by atoms with E-state index in [2.05, 4.69) is 10.6 Å². The highest BCUT2D eigenvalue weighted by molar-refractivity contribution is 6.42. The lowest BCUT2D eigenvalue weighted by Gasteiger charge is -2.26. The molecule has 2 N–H and O–H groups in total. The molecule has 0 radical (unpaired) electrons. The quantitative estimate of drug-likeness (QED) is 0.253. The van der Waals surface area contributed by atoms with Crippen molar-refractivity contribution in [2.75, 3.05) is 17.2 Å². The molecule has 0 aliphatic heterocycles. The molecule has 3 amide bonds. The smallest absolute Gasteiger partial charge is 0.313 e. The molecular weight excluding hydrogens is 521 g/mol. The van der Waals surface area contributed by atoms with Crippen molar-refractivity contribution in [2.24, 2.45) is 0 Å². The van der Waals surface area contributed by atoms with Crippen molar-refractivity contribution in [1.82, 2.24) is 14.7 Å². The maximum absolute atomic E-state index is 13.2. The molecule has 0 aliphatic rings. The third-order valence-electron chi connectivity index (χ3n) is 6.15. The predicted molar refractivity (Wildman–Crippen MR) is 154 cm³/mol. The Kier molecular flexibility index (Phi) is 8.39. The van der Waals surface area contributed by atoms with Crippen LogP contribution in [0.4, 0.5) is 16.3 Å². The van der Waals surface area contributed by atoms with E-state index in [1.165, 1.54) is 4.90 Å². The number of halogens is 2. The Morgan fingerprint density at radius 2 is 1.63 bits per heavy atom. The first-order chi connectivity index (χ1) is 18.1. The van der Waals surface area contributed by atoms with Crippen molar-refractivity contribution >= 4 is 46.6 Å². The van der Waals surface area contributed by atoms with Crippen LogP contribution in [0.1, 0.15) is 25.0 Å². The Hall–Kier alpha value is -3.81. The number of rotatable bonds is 7. The van der Waals surface area contributed by atoms with Crippen LogP contribution >= 0.6 is 23.2 Å². The van der Waals surface area contributed by atoms with Gasteiger partial charge in [0.25, 0.3) is 0 Å². The van der Waals surface area contributed by atoms with Gasteiger partial charge in [-0.15, -0.1) is 0 Å². The predicted octanol–water partition coefficient (Wildman–Crippen LogP) is 7.34. The lowest BCUT2D eigenvalue weighted by Crippen LogP contribution is -2.44. The van der Waals surface area contributed by atoms with Crippen LogP contribution in [-0.4, -0.2) is 39.2 Å². The summed E-state index contributed by atoms with van der Waals surface area (Å²) in [7, 11) is 0. The van der Waals surface area contributed by atoms with Gasteiger partial charge in [0.05, 0.1) is 21.4 Å². The first-order valence-electron chi connectivity index (χ1n) is 12.2. The van der Waals surface area contributed by atoms with Gasteiger partial charge in [-0.05, 0) is 69.2 Å². The number of benzene rings is 3. The Morgan fingerprint density at radius 3 is 2.29 bits per heavy atom. The number of aromatic nitrogens is 2. The number of hydrogen-bond donors (Lipinski definition) is 2. The molecule has 9 heteroatoms. The molecule has 0 spiro atoms. The fourth-order valence-electron chi connectivity index (χ4n) is 3.87. The maximum Gasteiger partial charge on any atom is 0.322 e. The Balaban J connectivity index is 1.58. The lowest BCUT2D eigenvalue weighted by atomic mass is 10.1. The van der Waals surface area contributed by atoms with E-state index in [1.807, 2.05) is 76.2 Å². The lowest BCUT2D eigenvalue weighted by molar-refractivity contribution is -0.117. The normalized spacial score (nSPS) is 10.9. The molecule has 3 aromatic carbocycles. The summed E-state index contributed by atoms with van der Waals surface area (Å²) in [5.41, 5.74) is 5.07. The third kappa shape index (κ3) is 6.36. The highest BCUT2D eigenvalue weighted by atomic mass is 35.5. The van der Waals surface area contributed by atoms with E-state index < -0.39 is 0 Å². The van der Waals surface area contributed by atoms with Crippen LogP contribution in [0, 0.1) is 13.8 Å². The number of aryl methyl sites for hydroxylation is 2. The van der Waals surface area contributed by atoms with E-state index in [-0.39, 0.29) is 24.5 Å². The second-order valence-corrected chi connectivity index (χ2v) is 10.1. The molecule has 0 fully saturated rings. The van der Waals surface area contributed by atoms with Crippen molar-refractivity contribution in [3.63, 3.8) is 0 Å². The van der Waals surface area contributed by atoms with Crippen LogP contribution in [0.3, 0.4) is 0 Å². The summed E-state index contributed by atoms with van der Waals surface area (Å²) in [5.74, 6) is 0.0697. The maximum atomic E-state index is 13.2. The van der Waals surface area contributed by atoms with Gasteiger partial charge in [0.15, 0.2) is 0 Å². The summed E-state index contributed by atoms with van der Waals surface area (Å²) < 4.78 is 1.59. The van der Waals surface area contributed by atoms with Crippen LogP contribution in [0.2, 0.25) is 10.0 Å². The molecule has 1 aromatic heterocycles. The summed E-state index contributed by atoms with van der Waals surface area (Å²) in [6.07, 6.45) is 0. The van der Waals surface area contributed by atoms with Gasteiger partial charge >= 0.3 is 6.03 Å². The van der Waals surface area contributed by atoms with Crippen molar-refractivity contribution in [3.8, 4) is 16.9 Å². The van der Waals surface area contributed by atoms with Gasteiger partial charge in [-0.25, -0.2) is 9.48 Å².